The van der Waals surface area contributed by atoms with Crippen molar-refractivity contribution in [2.24, 2.45) is 0 Å². The van der Waals surface area contributed by atoms with Crippen molar-refractivity contribution in [3.63, 3.8) is 0 Å². The maximum atomic E-state index is 12.3. The van der Waals surface area contributed by atoms with Crippen LogP contribution in [0.15, 0.2) is 36.4 Å². The van der Waals surface area contributed by atoms with Gasteiger partial charge >= 0.3 is 0 Å². The zero-order chi connectivity index (χ0) is 15.4. The Kier molecular flexibility index (Phi) is 4.31. The number of ether oxygens (including phenoxy) is 1. The molecular formula is C15H12ClN3O2. The molecule has 2 rings (SSSR count). The summed E-state index contributed by atoms with van der Waals surface area (Å²) in [7, 11) is 1.47. The quantitative estimate of drug-likeness (QED) is 0.853. The molecule has 0 bridgehead atoms. The zero-order valence-corrected chi connectivity index (χ0v) is 11.9. The molecule has 106 valence electrons. The molecule has 3 N–H and O–H groups in total. The van der Waals surface area contributed by atoms with Crippen molar-refractivity contribution < 1.29 is 9.53 Å². The van der Waals surface area contributed by atoms with Crippen molar-refractivity contribution in [2.45, 2.75) is 0 Å². The summed E-state index contributed by atoms with van der Waals surface area (Å²) in [6, 6.07) is 11.5. The highest BCUT2D eigenvalue weighted by Crippen LogP contribution is 2.27. The van der Waals surface area contributed by atoms with Crippen LogP contribution in [-0.4, -0.2) is 13.0 Å². The number of para-hydroxylation sites is 1. The Morgan fingerprint density at radius 1 is 1.38 bits per heavy atom. The summed E-state index contributed by atoms with van der Waals surface area (Å²) in [5, 5.41) is 11.8. The third kappa shape index (κ3) is 3.07. The van der Waals surface area contributed by atoms with E-state index >= 15 is 0 Å². The number of anilines is 2. The highest BCUT2D eigenvalue weighted by molar-refractivity contribution is 6.34. The lowest BCUT2D eigenvalue weighted by atomic mass is 10.1. The van der Waals surface area contributed by atoms with Crippen molar-refractivity contribution in [3.05, 3.63) is 52.5 Å². The maximum Gasteiger partial charge on any atom is 0.257 e. The molecule has 0 unspecified atom stereocenters. The Morgan fingerprint density at radius 3 is 2.81 bits per heavy atom. The van der Waals surface area contributed by atoms with E-state index in [0.29, 0.717) is 22.0 Å². The Bertz CT molecular complexity index is 738. The van der Waals surface area contributed by atoms with E-state index in [1.54, 1.807) is 30.3 Å². The average Bonchev–Trinajstić information content (AvgIpc) is 2.49. The van der Waals surface area contributed by atoms with Crippen molar-refractivity contribution >= 4 is 28.9 Å². The van der Waals surface area contributed by atoms with Gasteiger partial charge in [-0.3, -0.25) is 4.79 Å². The number of nitrogens with one attached hydrogen (secondary N) is 1. The number of nitrogen functional groups attached to an aromatic ring is 1. The summed E-state index contributed by atoms with van der Waals surface area (Å²) in [4.78, 5) is 12.3. The maximum absolute atomic E-state index is 12.3. The molecule has 2 aromatic rings. The first-order chi connectivity index (χ1) is 10.1. The molecule has 1 amide bonds. The number of nitrogens with zero attached hydrogens (tertiary/aromatic N) is 1. The number of amides is 1. The van der Waals surface area contributed by atoms with Crippen molar-refractivity contribution in [3.8, 4) is 11.8 Å². The van der Waals surface area contributed by atoms with E-state index < -0.39 is 5.91 Å². The van der Waals surface area contributed by atoms with Gasteiger partial charge in [-0.05, 0) is 30.3 Å². The summed E-state index contributed by atoms with van der Waals surface area (Å²) in [6.45, 7) is 0. The smallest absolute Gasteiger partial charge is 0.257 e. The number of carbonyl (C=O) groups excluding carboxylic acids is 1. The molecule has 0 saturated heterocycles. The molecule has 0 aliphatic rings. The highest BCUT2D eigenvalue weighted by atomic mass is 35.5. The second-order valence-electron chi connectivity index (χ2n) is 4.18. The average molecular weight is 302 g/mol. The topological polar surface area (TPSA) is 88.1 Å². The van der Waals surface area contributed by atoms with Crippen molar-refractivity contribution in [1.82, 2.24) is 0 Å². The molecule has 0 heterocycles. The standard InChI is InChI=1S/C15H12ClN3O2/c1-21-13-4-2-3-10(14(13)18)15(20)19-12-7-9(8-17)5-6-11(12)16/h2-7H,18H2,1H3,(H,19,20). The van der Waals surface area contributed by atoms with Gasteiger partial charge in [0.1, 0.15) is 5.75 Å². The Labute approximate surface area is 126 Å². The van der Waals surface area contributed by atoms with Crippen molar-refractivity contribution in [2.75, 3.05) is 18.2 Å². The van der Waals surface area contributed by atoms with E-state index in [0.717, 1.165) is 0 Å². The first-order valence-electron chi connectivity index (χ1n) is 6.00. The van der Waals surface area contributed by atoms with E-state index in [4.69, 9.17) is 27.3 Å². The lowest BCUT2D eigenvalue weighted by Crippen LogP contribution is -2.15. The van der Waals surface area contributed by atoms with Gasteiger partial charge in [0.05, 0.1) is 40.7 Å². The third-order valence-electron chi connectivity index (χ3n) is 2.87. The number of rotatable bonds is 3. The molecule has 0 radical (unpaired) electrons. The molecule has 0 aliphatic carbocycles. The van der Waals surface area contributed by atoms with Gasteiger partial charge in [0.2, 0.25) is 0 Å². The van der Waals surface area contributed by atoms with Crippen LogP contribution in [0.1, 0.15) is 15.9 Å². The number of hydrogen-bond donors (Lipinski definition) is 2. The third-order valence-corrected chi connectivity index (χ3v) is 3.20. The van der Waals surface area contributed by atoms with E-state index in [1.807, 2.05) is 6.07 Å². The number of methoxy groups -OCH3 is 1. The zero-order valence-electron chi connectivity index (χ0n) is 11.2. The molecule has 0 atom stereocenters. The fourth-order valence-electron chi connectivity index (χ4n) is 1.80. The van der Waals surface area contributed by atoms with Crippen LogP contribution in [0.2, 0.25) is 5.02 Å². The molecule has 0 aliphatic heterocycles. The fraction of sp³-hybridized carbons (Fsp3) is 0.0667. The number of carbonyl (C=O) groups is 1. The van der Waals surface area contributed by atoms with Gasteiger partial charge in [-0.15, -0.1) is 0 Å². The van der Waals surface area contributed by atoms with Gasteiger partial charge in [0, 0.05) is 0 Å². The molecule has 6 heteroatoms. The van der Waals surface area contributed by atoms with Gasteiger partial charge in [-0.2, -0.15) is 5.26 Å². The minimum absolute atomic E-state index is 0.241. The Hall–Kier alpha value is -2.71. The Morgan fingerprint density at radius 2 is 2.14 bits per heavy atom. The number of nitriles is 1. The number of hydrogen-bond acceptors (Lipinski definition) is 4. The van der Waals surface area contributed by atoms with E-state index in [-0.39, 0.29) is 11.3 Å². The second kappa shape index (κ2) is 6.16. The van der Waals surface area contributed by atoms with Crippen LogP contribution >= 0.6 is 11.6 Å². The molecule has 0 aromatic heterocycles. The van der Waals surface area contributed by atoms with E-state index in [1.165, 1.54) is 13.2 Å². The molecule has 21 heavy (non-hydrogen) atoms. The number of nitrogens with two attached hydrogens (primary N) is 1. The van der Waals surface area contributed by atoms with E-state index in [2.05, 4.69) is 5.32 Å². The van der Waals surface area contributed by atoms with Gasteiger partial charge in [0.15, 0.2) is 0 Å². The number of halogens is 1. The molecule has 5 nitrogen and oxygen atoms in total. The lowest BCUT2D eigenvalue weighted by Gasteiger charge is -2.11. The summed E-state index contributed by atoms with van der Waals surface area (Å²) in [5.41, 5.74) is 7.13. The summed E-state index contributed by atoms with van der Waals surface area (Å²) >= 11 is 6.00. The summed E-state index contributed by atoms with van der Waals surface area (Å²) in [5.74, 6) is -0.0112. The largest absolute Gasteiger partial charge is 0.495 e. The predicted octanol–water partition coefficient (Wildman–Crippen LogP) is 3.05. The normalized spacial score (nSPS) is 9.76. The van der Waals surface area contributed by atoms with Crippen LogP contribution in [0.25, 0.3) is 0 Å². The van der Waals surface area contributed by atoms with Crippen LogP contribution in [0.3, 0.4) is 0 Å². The van der Waals surface area contributed by atoms with Gasteiger partial charge < -0.3 is 15.8 Å². The lowest BCUT2D eigenvalue weighted by molar-refractivity contribution is 0.102. The predicted molar refractivity (Wildman–Crippen MR) is 81.5 cm³/mol. The van der Waals surface area contributed by atoms with Crippen LogP contribution in [0.4, 0.5) is 11.4 Å². The first kappa shape index (κ1) is 14.7. The molecular weight excluding hydrogens is 290 g/mol. The highest BCUT2D eigenvalue weighted by Gasteiger charge is 2.14. The Balaban J connectivity index is 2.33. The molecule has 2 aromatic carbocycles. The van der Waals surface area contributed by atoms with Crippen LogP contribution in [0.5, 0.6) is 5.75 Å². The number of benzene rings is 2. The minimum Gasteiger partial charge on any atom is -0.495 e. The molecule has 0 fully saturated rings. The van der Waals surface area contributed by atoms with Crippen LogP contribution in [-0.2, 0) is 0 Å². The van der Waals surface area contributed by atoms with Crippen molar-refractivity contribution in [1.29, 1.82) is 5.26 Å². The van der Waals surface area contributed by atoms with Gasteiger partial charge in [-0.1, -0.05) is 17.7 Å². The fourth-order valence-corrected chi connectivity index (χ4v) is 1.97. The van der Waals surface area contributed by atoms with Crippen LogP contribution in [0, 0.1) is 11.3 Å². The van der Waals surface area contributed by atoms with Gasteiger partial charge in [0.25, 0.3) is 5.91 Å². The first-order valence-corrected chi connectivity index (χ1v) is 6.38. The monoisotopic (exact) mass is 301 g/mol. The SMILES string of the molecule is COc1cccc(C(=O)Nc2cc(C#N)ccc2Cl)c1N. The van der Waals surface area contributed by atoms with Gasteiger partial charge in [-0.25, -0.2) is 0 Å². The van der Waals surface area contributed by atoms with Crippen LogP contribution < -0.4 is 15.8 Å². The van der Waals surface area contributed by atoms with E-state index in [9.17, 15) is 4.79 Å². The molecule has 0 saturated carbocycles. The summed E-state index contributed by atoms with van der Waals surface area (Å²) < 4.78 is 5.07. The minimum atomic E-state index is -0.427. The molecule has 0 spiro atoms. The second-order valence-corrected chi connectivity index (χ2v) is 4.59. The summed E-state index contributed by atoms with van der Waals surface area (Å²) in [6.07, 6.45) is 0.